The Morgan fingerprint density at radius 1 is 1.25 bits per heavy atom. The molecule has 5 nitrogen and oxygen atoms in total. The molecule has 0 aliphatic carbocycles. The van der Waals surface area contributed by atoms with Crippen LogP contribution in [0.3, 0.4) is 0 Å². The number of carbonyl (C=O) groups excluding carboxylic acids is 3. The zero-order valence-corrected chi connectivity index (χ0v) is 13.6. The summed E-state index contributed by atoms with van der Waals surface area (Å²) in [4.78, 5) is 34.6. The third-order valence-electron chi connectivity index (χ3n) is 3.74. The maximum atomic E-state index is 11.9. The second kappa shape index (κ2) is 7.23. The monoisotopic (exact) mass is 340 g/mol. The van der Waals surface area contributed by atoms with Gasteiger partial charge >= 0.3 is 0 Å². The van der Waals surface area contributed by atoms with Crippen LogP contribution in [-0.4, -0.2) is 17.7 Å². The highest BCUT2D eigenvalue weighted by Crippen LogP contribution is 2.19. The van der Waals surface area contributed by atoms with Crippen LogP contribution in [0, 0.1) is 5.92 Å². The first-order valence-corrected chi connectivity index (χ1v) is 8.48. The molecule has 2 heterocycles. The molecule has 0 saturated carbocycles. The van der Waals surface area contributed by atoms with Gasteiger partial charge in [-0.3, -0.25) is 19.7 Å². The van der Waals surface area contributed by atoms with Gasteiger partial charge in [-0.25, -0.2) is 0 Å². The number of imide groups is 1. The Hall–Kier alpha value is -2.73. The number of hydrogen-bond donors (Lipinski definition) is 2. The molecule has 1 atom stereocenters. The molecule has 6 heteroatoms. The Labute approximate surface area is 143 Å². The van der Waals surface area contributed by atoms with Crippen LogP contribution in [0.15, 0.2) is 47.2 Å². The van der Waals surface area contributed by atoms with Crippen LogP contribution >= 0.6 is 11.3 Å². The Bertz CT molecular complexity index is 779. The molecule has 0 radical (unpaired) electrons. The molecule has 1 aromatic carbocycles. The fourth-order valence-electron chi connectivity index (χ4n) is 2.51. The number of benzene rings is 1. The van der Waals surface area contributed by atoms with Gasteiger partial charge in [0.25, 0.3) is 0 Å². The molecule has 1 fully saturated rings. The number of rotatable bonds is 5. The number of amides is 3. The van der Waals surface area contributed by atoms with Crippen LogP contribution in [0.25, 0.3) is 6.08 Å². The number of anilines is 1. The van der Waals surface area contributed by atoms with Gasteiger partial charge in [-0.05, 0) is 52.6 Å². The third-order valence-corrected chi connectivity index (χ3v) is 4.44. The average Bonchev–Trinajstić information content (AvgIpc) is 3.17. The molecule has 1 saturated heterocycles. The van der Waals surface area contributed by atoms with Gasteiger partial charge in [0.1, 0.15) is 0 Å². The standard InChI is InChI=1S/C18H16N2O3S/c21-16(6-3-13-7-8-24-11-13)19-15-4-1-12(2-5-15)9-14-10-17(22)20-18(14)23/h1-8,11,14H,9-10H2,(H,19,21)(H,20,22,23)/b6-3-/t14-/m1/s1. The summed E-state index contributed by atoms with van der Waals surface area (Å²) < 4.78 is 0. The van der Waals surface area contributed by atoms with E-state index < -0.39 is 0 Å². The lowest BCUT2D eigenvalue weighted by atomic mass is 9.98. The van der Waals surface area contributed by atoms with Gasteiger partial charge < -0.3 is 5.32 Å². The molecule has 1 aromatic heterocycles. The molecule has 2 aromatic rings. The Morgan fingerprint density at radius 3 is 2.67 bits per heavy atom. The fraction of sp³-hybridized carbons (Fsp3) is 0.167. The highest BCUT2D eigenvalue weighted by Gasteiger charge is 2.30. The first-order chi connectivity index (χ1) is 11.6. The largest absolute Gasteiger partial charge is 0.323 e. The van der Waals surface area contributed by atoms with Crippen molar-refractivity contribution in [1.29, 1.82) is 0 Å². The van der Waals surface area contributed by atoms with Crippen LogP contribution in [-0.2, 0) is 20.8 Å². The van der Waals surface area contributed by atoms with E-state index in [1.165, 1.54) is 6.08 Å². The van der Waals surface area contributed by atoms with Crippen molar-refractivity contribution >= 4 is 40.8 Å². The predicted molar refractivity (Wildman–Crippen MR) is 93.4 cm³/mol. The highest BCUT2D eigenvalue weighted by molar-refractivity contribution is 7.08. The molecule has 0 unspecified atom stereocenters. The van der Waals surface area contributed by atoms with Crippen LogP contribution in [0.5, 0.6) is 0 Å². The molecule has 2 N–H and O–H groups in total. The van der Waals surface area contributed by atoms with E-state index in [1.54, 1.807) is 29.5 Å². The zero-order valence-electron chi connectivity index (χ0n) is 12.8. The first-order valence-electron chi connectivity index (χ1n) is 7.54. The van der Waals surface area contributed by atoms with Gasteiger partial charge in [0, 0.05) is 18.2 Å². The van der Waals surface area contributed by atoms with E-state index in [4.69, 9.17) is 0 Å². The molecule has 3 rings (SSSR count). The summed E-state index contributed by atoms with van der Waals surface area (Å²) in [6, 6.07) is 9.23. The van der Waals surface area contributed by atoms with Gasteiger partial charge in [-0.2, -0.15) is 11.3 Å². The molecule has 1 aliphatic rings. The summed E-state index contributed by atoms with van der Waals surface area (Å²) in [6.45, 7) is 0. The number of nitrogens with one attached hydrogen (secondary N) is 2. The average molecular weight is 340 g/mol. The highest BCUT2D eigenvalue weighted by atomic mass is 32.1. The lowest BCUT2D eigenvalue weighted by Crippen LogP contribution is -2.22. The SMILES string of the molecule is O=C(/C=C\c1ccsc1)Nc1ccc(C[C@@H]2CC(=O)NC2=O)cc1. The molecular weight excluding hydrogens is 324 g/mol. The summed E-state index contributed by atoms with van der Waals surface area (Å²) in [7, 11) is 0. The van der Waals surface area contributed by atoms with Gasteiger partial charge in [0.2, 0.25) is 17.7 Å². The fourth-order valence-corrected chi connectivity index (χ4v) is 3.13. The summed E-state index contributed by atoms with van der Waals surface area (Å²) in [6.07, 6.45) is 4.01. The molecule has 1 aliphatic heterocycles. The molecule has 0 spiro atoms. The molecule has 122 valence electrons. The minimum Gasteiger partial charge on any atom is -0.323 e. The second-order valence-electron chi connectivity index (χ2n) is 5.59. The maximum absolute atomic E-state index is 11.9. The quantitative estimate of drug-likeness (QED) is 0.649. The van der Waals surface area contributed by atoms with Crippen LogP contribution in [0.4, 0.5) is 5.69 Å². The minimum atomic E-state index is -0.300. The van der Waals surface area contributed by atoms with Gasteiger partial charge in [-0.15, -0.1) is 0 Å². The van der Waals surface area contributed by atoms with Gasteiger partial charge in [0.15, 0.2) is 0 Å². The zero-order chi connectivity index (χ0) is 16.9. The normalized spacial score (nSPS) is 17.2. The van der Waals surface area contributed by atoms with E-state index in [2.05, 4.69) is 10.6 Å². The Morgan fingerprint density at radius 2 is 2.04 bits per heavy atom. The van der Waals surface area contributed by atoms with Crippen molar-refractivity contribution in [3.05, 3.63) is 58.3 Å². The van der Waals surface area contributed by atoms with Crippen molar-refractivity contribution < 1.29 is 14.4 Å². The summed E-state index contributed by atoms with van der Waals surface area (Å²) >= 11 is 1.58. The lowest BCUT2D eigenvalue weighted by molar-refractivity contribution is -0.125. The van der Waals surface area contributed by atoms with E-state index >= 15 is 0 Å². The van der Waals surface area contributed by atoms with Crippen LogP contribution in [0.1, 0.15) is 17.5 Å². The Balaban J connectivity index is 1.55. The van der Waals surface area contributed by atoms with E-state index in [1.807, 2.05) is 29.0 Å². The van der Waals surface area contributed by atoms with E-state index in [0.29, 0.717) is 12.1 Å². The molecule has 0 bridgehead atoms. The van der Waals surface area contributed by atoms with Crippen molar-refractivity contribution in [3.8, 4) is 0 Å². The summed E-state index contributed by atoms with van der Waals surface area (Å²) in [5, 5.41) is 9.01. The van der Waals surface area contributed by atoms with Crippen molar-refractivity contribution in [2.45, 2.75) is 12.8 Å². The van der Waals surface area contributed by atoms with E-state index in [-0.39, 0.29) is 30.1 Å². The minimum absolute atomic E-state index is 0.199. The van der Waals surface area contributed by atoms with E-state index in [9.17, 15) is 14.4 Å². The number of thiophene rings is 1. The summed E-state index contributed by atoms with van der Waals surface area (Å²) in [5.74, 6) is -0.927. The van der Waals surface area contributed by atoms with Crippen molar-refractivity contribution in [3.63, 3.8) is 0 Å². The first kappa shape index (κ1) is 16.1. The smallest absolute Gasteiger partial charge is 0.248 e. The van der Waals surface area contributed by atoms with Crippen LogP contribution in [0.2, 0.25) is 0 Å². The molecule has 24 heavy (non-hydrogen) atoms. The lowest BCUT2D eigenvalue weighted by Gasteiger charge is -2.07. The number of carbonyl (C=O) groups is 3. The summed E-state index contributed by atoms with van der Waals surface area (Å²) in [5.41, 5.74) is 2.64. The van der Waals surface area contributed by atoms with Crippen molar-refractivity contribution in [2.24, 2.45) is 5.92 Å². The molecule has 3 amide bonds. The topological polar surface area (TPSA) is 75.3 Å². The van der Waals surface area contributed by atoms with Gasteiger partial charge in [0.05, 0.1) is 5.92 Å². The third kappa shape index (κ3) is 4.17. The van der Waals surface area contributed by atoms with Crippen LogP contribution < -0.4 is 10.6 Å². The number of hydrogen-bond acceptors (Lipinski definition) is 4. The second-order valence-corrected chi connectivity index (χ2v) is 6.37. The van der Waals surface area contributed by atoms with Crippen molar-refractivity contribution in [2.75, 3.05) is 5.32 Å². The maximum Gasteiger partial charge on any atom is 0.248 e. The van der Waals surface area contributed by atoms with E-state index in [0.717, 1.165) is 11.1 Å². The predicted octanol–water partition coefficient (Wildman–Crippen LogP) is 2.61. The Kier molecular flexibility index (Phi) is 4.86. The van der Waals surface area contributed by atoms with Gasteiger partial charge in [-0.1, -0.05) is 12.1 Å². The molecular formula is C18H16N2O3S. The van der Waals surface area contributed by atoms with Crippen molar-refractivity contribution in [1.82, 2.24) is 5.32 Å².